The van der Waals surface area contributed by atoms with Crippen LogP contribution >= 0.6 is 22.9 Å². The van der Waals surface area contributed by atoms with Crippen molar-refractivity contribution in [2.75, 3.05) is 39.0 Å². The highest BCUT2D eigenvalue weighted by Crippen LogP contribution is 2.23. The van der Waals surface area contributed by atoms with E-state index in [1.807, 2.05) is 11.6 Å². The number of aromatic nitrogens is 1. The summed E-state index contributed by atoms with van der Waals surface area (Å²) in [5, 5.41) is 2.29. The molecule has 176 valence electrons. The molecule has 1 amide bonds. The molecule has 0 bridgehead atoms. The van der Waals surface area contributed by atoms with Gasteiger partial charge in [0, 0.05) is 69.3 Å². The molecule has 0 saturated carbocycles. The molecule has 0 spiro atoms. The number of benzene rings is 2. The number of rotatable bonds is 6. The lowest BCUT2D eigenvalue weighted by Crippen LogP contribution is -2.48. The summed E-state index contributed by atoms with van der Waals surface area (Å²) in [5.41, 5.74) is 0. The summed E-state index contributed by atoms with van der Waals surface area (Å²) < 4.78 is 27.7. The van der Waals surface area contributed by atoms with Crippen LogP contribution in [0.15, 0.2) is 52.5 Å². The number of hydrogen-bond donors (Lipinski definition) is 0. The second-order valence-corrected chi connectivity index (χ2v) is 11.8. The van der Waals surface area contributed by atoms with Crippen molar-refractivity contribution >= 4 is 49.5 Å². The molecule has 0 atom stereocenters. The summed E-state index contributed by atoms with van der Waals surface area (Å²) in [7, 11) is 0.222. The lowest BCUT2D eigenvalue weighted by Gasteiger charge is -2.34. The smallest absolute Gasteiger partial charge is 0.223 e. The van der Waals surface area contributed by atoms with E-state index in [-0.39, 0.29) is 23.0 Å². The van der Waals surface area contributed by atoms with E-state index in [1.165, 1.54) is 4.88 Å². The van der Waals surface area contributed by atoms with Crippen LogP contribution in [0.2, 0.25) is 5.02 Å². The molecular weight excluding hydrogens is 480 g/mol. The van der Waals surface area contributed by atoms with Crippen LogP contribution in [-0.2, 0) is 28.2 Å². The first-order chi connectivity index (χ1) is 15.7. The Kier molecular flexibility index (Phi) is 7.23. The van der Waals surface area contributed by atoms with Crippen LogP contribution in [0.5, 0.6) is 0 Å². The molecule has 3 aromatic rings. The number of hydrogen-bond acceptors (Lipinski definition) is 6. The van der Waals surface area contributed by atoms with E-state index in [1.54, 1.807) is 59.7 Å². The van der Waals surface area contributed by atoms with Gasteiger partial charge in [0.05, 0.1) is 10.6 Å². The van der Waals surface area contributed by atoms with E-state index < -0.39 is 9.84 Å². The lowest BCUT2D eigenvalue weighted by atomic mass is 10.1. The SMILES string of the molecule is CN=c1sc(CN2CCN(C(=O)CCS(=O)(=O)c3ccc4cc(Cl)ccc4c3)CC2)cn1C. The molecule has 4 rings (SSSR count). The van der Waals surface area contributed by atoms with Crippen LogP contribution in [-0.4, -0.2) is 67.7 Å². The summed E-state index contributed by atoms with van der Waals surface area (Å²) >= 11 is 7.67. The van der Waals surface area contributed by atoms with Gasteiger partial charge in [-0.25, -0.2) is 8.42 Å². The molecule has 1 aromatic heterocycles. The Hall–Kier alpha value is -2.20. The van der Waals surface area contributed by atoms with Crippen molar-refractivity contribution in [2.45, 2.75) is 17.9 Å². The number of aryl methyl sites for hydroxylation is 1. The van der Waals surface area contributed by atoms with Crippen molar-refractivity contribution in [1.29, 1.82) is 0 Å². The molecule has 0 aliphatic carbocycles. The van der Waals surface area contributed by atoms with Crippen molar-refractivity contribution < 1.29 is 13.2 Å². The summed E-state index contributed by atoms with van der Waals surface area (Å²) in [6.07, 6.45) is 2.08. The molecule has 2 aromatic carbocycles. The largest absolute Gasteiger partial charge is 0.340 e. The van der Waals surface area contributed by atoms with E-state index in [2.05, 4.69) is 16.1 Å². The Balaban J connectivity index is 1.31. The minimum Gasteiger partial charge on any atom is -0.340 e. The molecule has 1 aliphatic heterocycles. The van der Waals surface area contributed by atoms with Crippen LogP contribution in [0.25, 0.3) is 10.8 Å². The maximum atomic E-state index is 12.8. The average Bonchev–Trinajstić information content (AvgIpc) is 3.16. The van der Waals surface area contributed by atoms with Gasteiger partial charge in [-0.3, -0.25) is 14.7 Å². The van der Waals surface area contributed by atoms with Crippen LogP contribution in [0.4, 0.5) is 0 Å². The number of amides is 1. The van der Waals surface area contributed by atoms with Crippen LogP contribution in [0, 0.1) is 0 Å². The first-order valence-electron chi connectivity index (χ1n) is 10.8. The predicted octanol–water partition coefficient (Wildman–Crippen LogP) is 2.93. The Bertz CT molecular complexity index is 1340. The van der Waals surface area contributed by atoms with Crippen LogP contribution in [0.3, 0.4) is 0 Å². The fourth-order valence-corrected chi connectivity index (χ4v) is 6.45. The number of sulfone groups is 1. The summed E-state index contributed by atoms with van der Waals surface area (Å²) in [6, 6.07) is 10.3. The van der Waals surface area contributed by atoms with E-state index >= 15 is 0 Å². The molecule has 0 unspecified atom stereocenters. The first kappa shape index (κ1) is 23.9. The second-order valence-electron chi connectivity index (χ2n) is 8.19. The Morgan fingerprint density at radius 1 is 1.09 bits per heavy atom. The van der Waals surface area contributed by atoms with Gasteiger partial charge < -0.3 is 9.47 Å². The van der Waals surface area contributed by atoms with Crippen molar-refractivity contribution in [1.82, 2.24) is 14.4 Å². The van der Waals surface area contributed by atoms with Gasteiger partial charge in [-0.05, 0) is 35.0 Å². The molecule has 10 heteroatoms. The van der Waals surface area contributed by atoms with E-state index in [0.717, 1.165) is 35.2 Å². The third-order valence-corrected chi connectivity index (χ3v) is 8.97. The molecular formula is C23H27ClN4O3S2. The zero-order valence-electron chi connectivity index (χ0n) is 18.7. The number of thiazole rings is 1. The van der Waals surface area contributed by atoms with Gasteiger partial charge in [-0.2, -0.15) is 0 Å². The van der Waals surface area contributed by atoms with Crippen LogP contribution in [0.1, 0.15) is 11.3 Å². The predicted molar refractivity (Wildman–Crippen MR) is 132 cm³/mol. The Morgan fingerprint density at radius 2 is 1.79 bits per heavy atom. The summed E-state index contributed by atoms with van der Waals surface area (Å²) in [5.74, 6) is -0.305. The molecule has 1 saturated heterocycles. The summed E-state index contributed by atoms with van der Waals surface area (Å²) in [4.78, 5) is 23.5. The minimum absolute atomic E-state index is 0.0108. The third-order valence-electron chi connectivity index (χ3n) is 5.88. The van der Waals surface area contributed by atoms with Gasteiger partial charge in [0.1, 0.15) is 0 Å². The monoisotopic (exact) mass is 506 g/mol. The highest BCUT2D eigenvalue weighted by atomic mass is 35.5. The molecule has 1 aliphatic rings. The van der Waals surface area contributed by atoms with Gasteiger partial charge in [0.15, 0.2) is 14.6 Å². The number of fused-ring (bicyclic) bond motifs is 1. The van der Waals surface area contributed by atoms with Crippen molar-refractivity contribution in [3.05, 3.63) is 57.3 Å². The molecule has 1 fully saturated rings. The van der Waals surface area contributed by atoms with Gasteiger partial charge in [-0.1, -0.05) is 23.7 Å². The van der Waals surface area contributed by atoms with Crippen molar-refractivity contribution in [3.63, 3.8) is 0 Å². The van der Waals surface area contributed by atoms with Crippen LogP contribution < -0.4 is 4.80 Å². The number of halogens is 1. The molecule has 33 heavy (non-hydrogen) atoms. The summed E-state index contributed by atoms with van der Waals surface area (Å²) in [6.45, 7) is 3.59. The number of piperazine rings is 1. The van der Waals surface area contributed by atoms with Gasteiger partial charge >= 0.3 is 0 Å². The Morgan fingerprint density at radius 3 is 2.48 bits per heavy atom. The quantitative estimate of drug-likeness (QED) is 0.515. The van der Waals surface area contributed by atoms with Gasteiger partial charge in [0.2, 0.25) is 5.91 Å². The Labute approximate surface area is 202 Å². The average molecular weight is 507 g/mol. The zero-order valence-corrected chi connectivity index (χ0v) is 21.1. The number of carbonyl (C=O) groups excluding carboxylic acids is 1. The minimum atomic E-state index is -3.55. The second kappa shape index (κ2) is 9.97. The van der Waals surface area contributed by atoms with Crippen molar-refractivity contribution in [2.24, 2.45) is 12.0 Å². The van der Waals surface area contributed by atoms with Gasteiger partial charge in [0.25, 0.3) is 0 Å². The van der Waals surface area contributed by atoms with E-state index in [4.69, 9.17) is 11.6 Å². The maximum absolute atomic E-state index is 12.8. The standard InChI is InChI=1S/C23H27ClN4O3S2/c1-25-23-26(2)15-20(32-23)16-27-8-10-28(11-9-27)22(29)7-12-33(30,31)21-6-4-17-13-19(24)5-3-18(17)14-21/h3-6,13-15H,7-12,16H2,1-2H3. The number of nitrogens with zero attached hydrogens (tertiary/aromatic N) is 4. The van der Waals surface area contributed by atoms with Crippen molar-refractivity contribution in [3.8, 4) is 0 Å². The molecule has 2 heterocycles. The fourth-order valence-electron chi connectivity index (χ4n) is 4.02. The first-order valence-corrected chi connectivity index (χ1v) is 13.6. The topological polar surface area (TPSA) is 75.0 Å². The highest BCUT2D eigenvalue weighted by Gasteiger charge is 2.24. The van der Waals surface area contributed by atoms with E-state index in [0.29, 0.717) is 18.1 Å². The third kappa shape index (κ3) is 5.66. The maximum Gasteiger partial charge on any atom is 0.223 e. The fraction of sp³-hybridized carbons (Fsp3) is 0.391. The number of carbonyl (C=O) groups is 1. The normalized spacial score (nSPS) is 16.0. The zero-order chi connectivity index (χ0) is 23.6. The molecule has 0 radical (unpaired) electrons. The highest BCUT2D eigenvalue weighted by molar-refractivity contribution is 7.91. The lowest BCUT2D eigenvalue weighted by molar-refractivity contribution is -0.132. The molecule has 0 N–H and O–H groups in total. The van der Waals surface area contributed by atoms with Gasteiger partial charge in [-0.15, -0.1) is 11.3 Å². The van der Waals surface area contributed by atoms with E-state index in [9.17, 15) is 13.2 Å². The molecule has 7 nitrogen and oxygen atoms in total.